The summed E-state index contributed by atoms with van der Waals surface area (Å²) in [6.07, 6.45) is 1.77. The van der Waals surface area contributed by atoms with E-state index in [0.29, 0.717) is 38.4 Å². The summed E-state index contributed by atoms with van der Waals surface area (Å²) in [5, 5.41) is 10.9. The Hall–Kier alpha value is -2.65. The molecule has 31 heavy (non-hydrogen) atoms. The molecule has 3 aromatic rings. The molecule has 0 amide bonds. The van der Waals surface area contributed by atoms with Gasteiger partial charge in [0.15, 0.2) is 11.5 Å². The van der Waals surface area contributed by atoms with Crippen LogP contribution < -0.4 is 14.2 Å². The molecule has 4 nitrogen and oxygen atoms in total. The number of ether oxygens (including phenoxy) is 3. The largest absolute Gasteiger partial charge is 0.493 e. The van der Waals surface area contributed by atoms with E-state index in [-0.39, 0.29) is 6.61 Å². The summed E-state index contributed by atoms with van der Waals surface area (Å²) in [6, 6.07) is 18.4. The van der Waals surface area contributed by atoms with E-state index in [4.69, 9.17) is 37.4 Å². The lowest BCUT2D eigenvalue weighted by atomic mass is 10.0. The molecule has 0 saturated heterocycles. The monoisotopic (exact) mass is 517 g/mol. The molecule has 158 valence electrons. The standard InChI is InChI=1S/C24H18BrCl2NO3/c1-29-23-7-4-15(11-24(23)30-2)18(13-28)9-17-10-19(25)5-8-22(17)31-14-16-3-6-20(26)12-21(16)27/h3-12H,14H2,1-2H3/b18-9+. The molecule has 0 radical (unpaired) electrons. The van der Waals surface area contributed by atoms with Crippen LogP contribution in [0.15, 0.2) is 59.1 Å². The van der Waals surface area contributed by atoms with Crippen LogP contribution in [-0.2, 0) is 6.61 Å². The molecule has 0 bridgehead atoms. The van der Waals surface area contributed by atoms with E-state index in [2.05, 4.69) is 22.0 Å². The van der Waals surface area contributed by atoms with Crippen molar-refractivity contribution in [2.24, 2.45) is 0 Å². The van der Waals surface area contributed by atoms with Gasteiger partial charge in [0, 0.05) is 25.6 Å². The van der Waals surface area contributed by atoms with E-state index >= 15 is 0 Å². The molecule has 0 atom stereocenters. The number of nitriles is 1. The number of benzene rings is 3. The first-order valence-corrected chi connectivity index (χ1v) is 10.7. The maximum absolute atomic E-state index is 9.79. The normalized spacial score (nSPS) is 11.0. The summed E-state index contributed by atoms with van der Waals surface area (Å²) >= 11 is 15.7. The van der Waals surface area contributed by atoms with Crippen LogP contribution in [-0.4, -0.2) is 14.2 Å². The third-order valence-electron chi connectivity index (χ3n) is 4.48. The molecule has 3 rings (SSSR count). The molecule has 7 heteroatoms. The highest BCUT2D eigenvalue weighted by atomic mass is 79.9. The molecule has 0 unspecified atom stereocenters. The number of hydrogen-bond donors (Lipinski definition) is 0. The van der Waals surface area contributed by atoms with Gasteiger partial charge in [0.25, 0.3) is 0 Å². The summed E-state index contributed by atoms with van der Waals surface area (Å²) < 4.78 is 17.5. The van der Waals surface area contributed by atoms with Gasteiger partial charge in [-0.05, 0) is 60.2 Å². The second kappa shape index (κ2) is 10.6. The van der Waals surface area contributed by atoms with Crippen LogP contribution >= 0.6 is 39.1 Å². The molecule has 0 spiro atoms. The molecule has 0 aromatic heterocycles. The number of methoxy groups -OCH3 is 2. The van der Waals surface area contributed by atoms with Gasteiger partial charge >= 0.3 is 0 Å². The van der Waals surface area contributed by atoms with E-state index in [1.165, 1.54) is 0 Å². The number of rotatable bonds is 7. The predicted molar refractivity (Wildman–Crippen MR) is 128 cm³/mol. The summed E-state index contributed by atoms with van der Waals surface area (Å²) in [7, 11) is 3.12. The van der Waals surface area contributed by atoms with Crippen LogP contribution in [0.1, 0.15) is 16.7 Å². The van der Waals surface area contributed by atoms with Gasteiger partial charge in [0.1, 0.15) is 12.4 Å². The number of hydrogen-bond acceptors (Lipinski definition) is 4. The minimum Gasteiger partial charge on any atom is -0.493 e. The molecule has 0 heterocycles. The minimum atomic E-state index is 0.261. The molecule has 0 aliphatic carbocycles. The molecular weight excluding hydrogens is 501 g/mol. The van der Waals surface area contributed by atoms with Crippen molar-refractivity contribution in [3.63, 3.8) is 0 Å². The summed E-state index contributed by atoms with van der Waals surface area (Å²) in [5.41, 5.74) is 2.70. The minimum absolute atomic E-state index is 0.261. The molecule has 0 saturated carbocycles. The second-order valence-corrected chi connectivity index (χ2v) is 8.21. The molecule has 0 N–H and O–H groups in total. The Morgan fingerprint density at radius 1 is 0.968 bits per heavy atom. The van der Waals surface area contributed by atoms with Gasteiger partial charge in [-0.2, -0.15) is 5.26 Å². The van der Waals surface area contributed by atoms with Gasteiger partial charge in [-0.25, -0.2) is 0 Å². The predicted octanol–water partition coefficient (Wildman–Crippen LogP) is 7.42. The van der Waals surface area contributed by atoms with Crippen molar-refractivity contribution in [3.05, 3.63) is 85.8 Å². The van der Waals surface area contributed by atoms with Crippen LogP contribution in [0.2, 0.25) is 10.0 Å². The molecule has 0 aliphatic heterocycles. The fourth-order valence-corrected chi connectivity index (χ4v) is 3.74. The first kappa shape index (κ1) is 23.0. The molecule has 0 fully saturated rings. The highest BCUT2D eigenvalue weighted by molar-refractivity contribution is 9.10. The molecule has 0 aliphatic rings. The van der Waals surface area contributed by atoms with Gasteiger partial charge in [0.2, 0.25) is 0 Å². The van der Waals surface area contributed by atoms with E-state index in [1.807, 2.05) is 30.3 Å². The van der Waals surface area contributed by atoms with Crippen molar-refractivity contribution in [1.82, 2.24) is 0 Å². The van der Waals surface area contributed by atoms with Crippen LogP contribution in [0.25, 0.3) is 11.6 Å². The van der Waals surface area contributed by atoms with Gasteiger partial charge in [-0.1, -0.05) is 45.2 Å². The quantitative estimate of drug-likeness (QED) is 0.241. The lowest BCUT2D eigenvalue weighted by molar-refractivity contribution is 0.305. The fourth-order valence-electron chi connectivity index (χ4n) is 2.90. The van der Waals surface area contributed by atoms with E-state index < -0.39 is 0 Å². The van der Waals surface area contributed by atoms with Crippen molar-refractivity contribution in [2.45, 2.75) is 6.61 Å². The number of allylic oxidation sites excluding steroid dienone is 1. The van der Waals surface area contributed by atoms with Crippen LogP contribution in [0.3, 0.4) is 0 Å². The highest BCUT2D eigenvalue weighted by Gasteiger charge is 2.11. The molecule has 3 aromatic carbocycles. The summed E-state index contributed by atoms with van der Waals surface area (Å²) in [5.74, 6) is 1.75. The van der Waals surface area contributed by atoms with E-state index in [0.717, 1.165) is 15.6 Å². The van der Waals surface area contributed by atoms with Crippen molar-refractivity contribution >= 4 is 50.8 Å². The second-order valence-electron chi connectivity index (χ2n) is 6.45. The topological polar surface area (TPSA) is 51.5 Å². The van der Waals surface area contributed by atoms with Crippen molar-refractivity contribution < 1.29 is 14.2 Å². The Morgan fingerprint density at radius 2 is 1.71 bits per heavy atom. The van der Waals surface area contributed by atoms with Crippen molar-refractivity contribution in [1.29, 1.82) is 5.26 Å². The Morgan fingerprint density at radius 3 is 2.39 bits per heavy atom. The highest BCUT2D eigenvalue weighted by Crippen LogP contribution is 2.33. The molecular formula is C24H18BrCl2NO3. The van der Waals surface area contributed by atoms with Gasteiger partial charge in [-0.15, -0.1) is 0 Å². The van der Waals surface area contributed by atoms with Crippen LogP contribution in [0.4, 0.5) is 0 Å². The zero-order chi connectivity index (χ0) is 22.4. The number of halogens is 3. The maximum Gasteiger partial charge on any atom is 0.161 e. The van der Waals surface area contributed by atoms with Crippen LogP contribution in [0, 0.1) is 11.3 Å². The Labute approximate surface area is 199 Å². The summed E-state index contributed by atoms with van der Waals surface area (Å²) in [4.78, 5) is 0. The van der Waals surface area contributed by atoms with Gasteiger partial charge < -0.3 is 14.2 Å². The Balaban J connectivity index is 1.95. The van der Waals surface area contributed by atoms with Crippen molar-refractivity contribution in [3.8, 4) is 23.3 Å². The third-order valence-corrected chi connectivity index (χ3v) is 5.57. The Kier molecular flexibility index (Phi) is 7.86. The third kappa shape index (κ3) is 5.74. The van der Waals surface area contributed by atoms with E-state index in [9.17, 15) is 5.26 Å². The van der Waals surface area contributed by atoms with E-state index in [1.54, 1.807) is 44.6 Å². The average molecular weight is 519 g/mol. The van der Waals surface area contributed by atoms with Gasteiger partial charge in [-0.3, -0.25) is 0 Å². The van der Waals surface area contributed by atoms with Crippen LogP contribution in [0.5, 0.6) is 17.2 Å². The SMILES string of the molecule is COc1ccc(/C(C#N)=C/c2cc(Br)ccc2OCc2ccc(Cl)cc2Cl)cc1OC. The smallest absolute Gasteiger partial charge is 0.161 e. The zero-order valence-electron chi connectivity index (χ0n) is 16.8. The first-order chi connectivity index (χ1) is 14.9. The lowest BCUT2D eigenvalue weighted by Gasteiger charge is -2.12. The van der Waals surface area contributed by atoms with Crippen molar-refractivity contribution in [2.75, 3.05) is 14.2 Å². The number of nitrogens with zero attached hydrogens (tertiary/aromatic N) is 1. The zero-order valence-corrected chi connectivity index (χ0v) is 19.9. The Bertz CT molecular complexity index is 1170. The average Bonchev–Trinajstić information content (AvgIpc) is 2.77. The first-order valence-electron chi connectivity index (χ1n) is 9.15. The fraction of sp³-hybridized carbons (Fsp3) is 0.125. The lowest BCUT2D eigenvalue weighted by Crippen LogP contribution is -1.98. The van der Waals surface area contributed by atoms with Gasteiger partial charge in [0.05, 0.1) is 25.9 Å². The summed E-state index contributed by atoms with van der Waals surface area (Å²) in [6.45, 7) is 0.261. The maximum atomic E-state index is 9.79.